The third kappa shape index (κ3) is 1.87. The zero-order chi connectivity index (χ0) is 15.3. The smallest absolute Gasteiger partial charge is 0.312 e. The van der Waals surface area contributed by atoms with Gasteiger partial charge >= 0.3 is 5.97 Å². The Morgan fingerprint density at radius 1 is 1.59 bits per heavy atom. The number of hydrogen-bond acceptors (Lipinski definition) is 5. The van der Waals surface area contributed by atoms with Gasteiger partial charge in [-0.15, -0.1) is 11.3 Å². The fourth-order valence-electron chi connectivity index (χ4n) is 3.81. The lowest BCUT2D eigenvalue weighted by atomic mass is 9.77. The van der Waals surface area contributed by atoms with Gasteiger partial charge in [-0.05, 0) is 18.4 Å². The van der Waals surface area contributed by atoms with Crippen LogP contribution in [0.25, 0.3) is 0 Å². The molecule has 1 spiro atoms. The number of rotatable bonds is 4. The molecule has 6 heteroatoms. The molecule has 0 N–H and O–H groups in total. The largest absolute Gasteiger partial charge is 0.466 e. The second-order valence-corrected chi connectivity index (χ2v) is 6.96. The molecule has 0 unspecified atom stereocenters. The standard InChI is InChI=1S/C16H17NO4S/c1-2-20-15(19)12-11-5-6-16(21-11)9-17(14(18)13(12)16)8-10-4-3-7-22-10/h3-7,11-13H,2,8-9H2,1H3/t11-,12-,13-,16+/m1/s1. The number of nitrogens with zero attached hydrogens (tertiary/aromatic N) is 1. The van der Waals surface area contributed by atoms with Gasteiger partial charge in [0.05, 0.1) is 31.7 Å². The normalized spacial score (nSPS) is 35.2. The van der Waals surface area contributed by atoms with Crippen molar-refractivity contribution < 1.29 is 19.1 Å². The monoisotopic (exact) mass is 319 g/mol. The first-order chi connectivity index (χ1) is 10.6. The number of thiophene rings is 1. The second-order valence-electron chi connectivity index (χ2n) is 5.93. The maximum Gasteiger partial charge on any atom is 0.312 e. The summed E-state index contributed by atoms with van der Waals surface area (Å²) in [4.78, 5) is 28.0. The number of likely N-dealkylation sites (tertiary alicyclic amines) is 1. The first-order valence-electron chi connectivity index (χ1n) is 7.49. The molecular formula is C16H17NO4S. The van der Waals surface area contributed by atoms with Crippen molar-refractivity contribution >= 4 is 23.2 Å². The molecule has 2 saturated heterocycles. The molecule has 2 fully saturated rings. The molecular weight excluding hydrogens is 302 g/mol. The molecule has 0 radical (unpaired) electrons. The Bertz CT molecular complexity index is 641. The van der Waals surface area contributed by atoms with Crippen LogP contribution in [0, 0.1) is 11.8 Å². The lowest BCUT2D eigenvalue weighted by Crippen LogP contribution is -2.39. The number of carbonyl (C=O) groups excluding carboxylic acids is 2. The van der Waals surface area contributed by atoms with Gasteiger partial charge in [0, 0.05) is 4.88 Å². The van der Waals surface area contributed by atoms with Gasteiger partial charge in [-0.25, -0.2) is 0 Å². The van der Waals surface area contributed by atoms with E-state index in [1.54, 1.807) is 23.2 Å². The molecule has 1 aromatic heterocycles. The van der Waals surface area contributed by atoms with Crippen LogP contribution >= 0.6 is 11.3 Å². The first kappa shape index (κ1) is 14.0. The van der Waals surface area contributed by atoms with Gasteiger partial charge in [-0.2, -0.15) is 0 Å². The molecule has 4 atom stereocenters. The van der Waals surface area contributed by atoms with Crippen molar-refractivity contribution in [3.05, 3.63) is 34.5 Å². The van der Waals surface area contributed by atoms with Crippen LogP contribution in [0.4, 0.5) is 0 Å². The van der Waals surface area contributed by atoms with Crippen LogP contribution < -0.4 is 0 Å². The maximum absolute atomic E-state index is 12.8. The Labute approximate surface area is 132 Å². The molecule has 2 bridgehead atoms. The Hall–Kier alpha value is -1.66. The summed E-state index contributed by atoms with van der Waals surface area (Å²) in [7, 11) is 0. The summed E-state index contributed by atoms with van der Waals surface area (Å²) >= 11 is 1.63. The molecule has 0 saturated carbocycles. The van der Waals surface area contributed by atoms with Gasteiger partial charge in [0.15, 0.2) is 0 Å². The summed E-state index contributed by atoms with van der Waals surface area (Å²) < 4.78 is 11.2. The molecule has 1 aromatic rings. The molecule has 3 aliphatic heterocycles. The summed E-state index contributed by atoms with van der Waals surface area (Å²) in [5.41, 5.74) is -0.642. The van der Waals surface area contributed by atoms with Crippen LogP contribution in [0.5, 0.6) is 0 Å². The van der Waals surface area contributed by atoms with Crippen LogP contribution in [0.3, 0.4) is 0 Å². The van der Waals surface area contributed by atoms with E-state index in [4.69, 9.17) is 9.47 Å². The maximum atomic E-state index is 12.8. The summed E-state index contributed by atoms with van der Waals surface area (Å²) in [5.74, 6) is -1.28. The predicted octanol–water partition coefficient (Wildman–Crippen LogP) is 1.59. The molecule has 22 heavy (non-hydrogen) atoms. The van der Waals surface area contributed by atoms with E-state index in [0.717, 1.165) is 4.88 Å². The van der Waals surface area contributed by atoms with Crippen molar-refractivity contribution in [3.8, 4) is 0 Å². The van der Waals surface area contributed by atoms with E-state index < -0.39 is 17.4 Å². The van der Waals surface area contributed by atoms with E-state index in [1.165, 1.54) is 0 Å². The molecule has 3 aliphatic rings. The zero-order valence-corrected chi connectivity index (χ0v) is 13.0. The summed E-state index contributed by atoms with van der Waals surface area (Å²) in [5, 5.41) is 2.00. The number of hydrogen-bond donors (Lipinski definition) is 0. The van der Waals surface area contributed by atoms with Crippen LogP contribution in [-0.2, 0) is 25.6 Å². The second kappa shape index (κ2) is 4.93. The highest BCUT2D eigenvalue weighted by Gasteiger charge is 2.67. The van der Waals surface area contributed by atoms with Gasteiger partial charge in [0.25, 0.3) is 0 Å². The molecule has 4 heterocycles. The molecule has 0 aromatic carbocycles. The minimum Gasteiger partial charge on any atom is -0.466 e. The predicted molar refractivity (Wildman–Crippen MR) is 80.1 cm³/mol. The average Bonchev–Trinajstić information content (AvgIpc) is 3.23. The summed E-state index contributed by atoms with van der Waals surface area (Å²) in [6.07, 6.45) is 3.54. The lowest BCUT2D eigenvalue weighted by Gasteiger charge is -2.22. The third-order valence-electron chi connectivity index (χ3n) is 4.66. The van der Waals surface area contributed by atoms with Crippen molar-refractivity contribution in [1.82, 2.24) is 4.90 Å². The number of esters is 1. The molecule has 0 aliphatic carbocycles. The van der Waals surface area contributed by atoms with Crippen molar-refractivity contribution in [2.75, 3.05) is 13.2 Å². The Kier molecular flexibility index (Phi) is 3.13. The van der Waals surface area contributed by atoms with Crippen LogP contribution in [0.2, 0.25) is 0 Å². The first-order valence-corrected chi connectivity index (χ1v) is 8.37. The van der Waals surface area contributed by atoms with Crippen LogP contribution in [-0.4, -0.2) is 41.6 Å². The summed E-state index contributed by atoms with van der Waals surface area (Å²) in [6, 6.07) is 3.99. The van der Waals surface area contributed by atoms with E-state index in [9.17, 15) is 9.59 Å². The Morgan fingerprint density at radius 2 is 2.45 bits per heavy atom. The van der Waals surface area contributed by atoms with Gasteiger partial charge in [0.1, 0.15) is 11.5 Å². The molecule has 1 amide bonds. The molecule has 4 rings (SSSR count). The fourth-order valence-corrected chi connectivity index (χ4v) is 4.53. The number of carbonyl (C=O) groups is 2. The van der Waals surface area contributed by atoms with E-state index in [1.807, 2.05) is 29.7 Å². The third-order valence-corrected chi connectivity index (χ3v) is 5.53. The minimum atomic E-state index is -0.642. The van der Waals surface area contributed by atoms with Crippen molar-refractivity contribution in [3.63, 3.8) is 0 Å². The van der Waals surface area contributed by atoms with Gasteiger partial charge in [-0.1, -0.05) is 18.2 Å². The van der Waals surface area contributed by atoms with Crippen LogP contribution in [0.1, 0.15) is 11.8 Å². The van der Waals surface area contributed by atoms with E-state index in [2.05, 4.69) is 0 Å². The topological polar surface area (TPSA) is 55.8 Å². The highest BCUT2D eigenvalue weighted by molar-refractivity contribution is 7.09. The average molecular weight is 319 g/mol. The van der Waals surface area contributed by atoms with E-state index in [0.29, 0.717) is 19.7 Å². The molecule has 116 valence electrons. The van der Waals surface area contributed by atoms with E-state index >= 15 is 0 Å². The number of ether oxygens (including phenoxy) is 2. The van der Waals surface area contributed by atoms with Gasteiger partial charge in [0.2, 0.25) is 5.91 Å². The SMILES string of the molecule is CCOC(=O)[C@@H]1[C@H]2C=C[C@@]3(CN(Cc4cccs4)C(=O)[C@@H]13)O2. The van der Waals surface area contributed by atoms with Crippen LogP contribution in [0.15, 0.2) is 29.7 Å². The Balaban J connectivity index is 1.61. The van der Waals surface area contributed by atoms with Crippen molar-refractivity contribution in [2.24, 2.45) is 11.8 Å². The number of fused-ring (bicyclic) bond motifs is 1. The van der Waals surface area contributed by atoms with Gasteiger partial charge in [-0.3, -0.25) is 9.59 Å². The van der Waals surface area contributed by atoms with Crippen molar-refractivity contribution in [1.29, 1.82) is 0 Å². The molecule has 5 nitrogen and oxygen atoms in total. The Morgan fingerprint density at radius 3 is 3.18 bits per heavy atom. The number of amides is 1. The highest BCUT2D eigenvalue weighted by Crippen LogP contribution is 2.52. The van der Waals surface area contributed by atoms with Crippen molar-refractivity contribution in [2.45, 2.75) is 25.2 Å². The quantitative estimate of drug-likeness (QED) is 0.625. The van der Waals surface area contributed by atoms with E-state index in [-0.39, 0.29) is 18.0 Å². The fraction of sp³-hybridized carbons (Fsp3) is 0.500. The van der Waals surface area contributed by atoms with Gasteiger partial charge < -0.3 is 14.4 Å². The summed E-state index contributed by atoms with van der Waals surface area (Å²) in [6.45, 7) is 3.18. The lowest BCUT2D eigenvalue weighted by molar-refractivity contribution is -0.153. The highest BCUT2D eigenvalue weighted by atomic mass is 32.1. The minimum absolute atomic E-state index is 0.00157. The zero-order valence-electron chi connectivity index (χ0n) is 12.2.